The van der Waals surface area contributed by atoms with Crippen LogP contribution in [0.25, 0.3) is 10.6 Å². The smallest absolute Gasteiger partial charge is 0.124 e. The van der Waals surface area contributed by atoms with Gasteiger partial charge in [0, 0.05) is 28.8 Å². The number of hydrogen-bond acceptors (Lipinski definition) is 4. The second kappa shape index (κ2) is 5.65. The fourth-order valence-corrected chi connectivity index (χ4v) is 3.51. The van der Waals surface area contributed by atoms with E-state index in [9.17, 15) is 0 Å². The van der Waals surface area contributed by atoms with Crippen molar-refractivity contribution < 1.29 is 0 Å². The van der Waals surface area contributed by atoms with Crippen LogP contribution in [0.5, 0.6) is 0 Å². The van der Waals surface area contributed by atoms with Crippen LogP contribution in [-0.4, -0.2) is 4.98 Å². The van der Waals surface area contributed by atoms with Gasteiger partial charge in [-0.25, -0.2) is 4.98 Å². The highest BCUT2D eigenvalue weighted by atomic mass is 32.1. The highest BCUT2D eigenvalue weighted by molar-refractivity contribution is 7.14. The van der Waals surface area contributed by atoms with Gasteiger partial charge >= 0.3 is 0 Å². The molecule has 0 aliphatic rings. The molecule has 19 heavy (non-hydrogen) atoms. The zero-order chi connectivity index (χ0) is 13.1. The van der Waals surface area contributed by atoms with E-state index in [1.165, 1.54) is 5.56 Å². The van der Waals surface area contributed by atoms with E-state index in [0.29, 0.717) is 0 Å². The lowest BCUT2D eigenvalue weighted by molar-refractivity contribution is 0.710. The van der Waals surface area contributed by atoms with Gasteiger partial charge in [0.1, 0.15) is 5.01 Å². The zero-order valence-corrected chi connectivity index (χ0v) is 12.0. The first-order valence-corrected chi connectivity index (χ1v) is 7.92. The van der Waals surface area contributed by atoms with Crippen LogP contribution >= 0.6 is 22.7 Å². The Bertz CT molecular complexity index is 629. The summed E-state index contributed by atoms with van der Waals surface area (Å²) in [6.45, 7) is 0. The van der Waals surface area contributed by atoms with Crippen molar-refractivity contribution in [3.05, 3.63) is 63.8 Å². The number of aromatic nitrogens is 1. The summed E-state index contributed by atoms with van der Waals surface area (Å²) in [4.78, 5) is 4.66. The molecule has 0 aliphatic heterocycles. The van der Waals surface area contributed by atoms with E-state index >= 15 is 0 Å². The number of thiazole rings is 1. The lowest BCUT2D eigenvalue weighted by atomic mass is 10.0. The number of nitrogens with two attached hydrogens (primary N) is 1. The van der Waals surface area contributed by atoms with Crippen molar-refractivity contribution in [1.82, 2.24) is 4.98 Å². The molecular formula is C15H14N2S2. The second-order valence-electron chi connectivity index (χ2n) is 4.38. The standard InChI is InChI=1S/C15H14N2S2/c16-14(11-4-2-1-3-5-11)8-13-10-19-15(17-13)12-6-7-18-9-12/h1-7,9-10,14H,8,16H2. The third-order valence-electron chi connectivity index (χ3n) is 2.98. The van der Waals surface area contributed by atoms with Crippen LogP contribution in [-0.2, 0) is 6.42 Å². The van der Waals surface area contributed by atoms with Gasteiger partial charge in [0.2, 0.25) is 0 Å². The molecule has 0 aliphatic carbocycles. The summed E-state index contributed by atoms with van der Waals surface area (Å²) < 4.78 is 0. The first-order valence-electron chi connectivity index (χ1n) is 6.10. The van der Waals surface area contributed by atoms with Gasteiger partial charge in [0.15, 0.2) is 0 Å². The van der Waals surface area contributed by atoms with Gasteiger partial charge in [-0.2, -0.15) is 11.3 Å². The monoisotopic (exact) mass is 286 g/mol. The average Bonchev–Trinajstić information content (AvgIpc) is 3.10. The maximum absolute atomic E-state index is 6.22. The first kappa shape index (κ1) is 12.5. The minimum atomic E-state index is 0.0126. The minimum Gasteiger partial charge on any atom is -0.324 e. The van der Waals surface area contributed by atoms with Crippen LogP contribution < -0.4 is 5.73 Å². The summed E-state index contributed by atoms with van der Waals surface area (Å²) in [6.07, 6.45) is 0.782. The molecule has 4 heteroatoms. The Morgan fingerprint density at radius 3 is 2.68 bits per heavy atom. The first-order chi connectivity index (χ1) is 9.33. The lowest BCUT2D eigenvalue weighted by Crippen LogP contribution is -2.13. The van der Waals surface area contributed by atoms with Crippen molar-refractivity contribution in [2.24, 2.45) is 5.73 Å². The molecule has 2 heterocycles. The molecule has 1 atom stereocenters. The van der Waals surface area contributed by atoms with E-state index in [1.807, 2.05) is 18.2 Å². The third kappa shape index (κ3) is 2.92. The molecule has 1 unspecified atom stereocenters. The van der Waals surface area contributed by atoms with E-state index in [-0.39, 0.29) is 6.04 Å². The van der Waals surface area contributed by atoms with Gasteiger partial charge in [0.05, 0.1) is 5.69 Å². The summed E-state index contributed by atoms with van der Waals surface area (Å²) in [5, 5.41) is 7.39. The molecule has 0 saturated heterocycles. The maximum atomic E-state index is 6.22. The number of hydrogen-bond donors (Lipinski definition) is 1. The van der Waals surface area contributed by atoms with Crippen LogP contribution in [0.1, 0.15) is 17.3 Å². The van der Waals surface area contributed by atoms with E-state index in [4.69, 9.17) is 5.73 Å². The normalized spacial score (nSPS) is 12.5. The third-order valence-corrected chi connectivity index (χ3v) is 4.60. The van der Waals surface area contributed by atoms with Crippen molar-refractivity contribution in [2.45, 2.75) is 12.5 Å². The Balaban J connectivity index is 1.74. The molecule has 1 aromatic carbocycles. The summed E-state index contributed by atoms with van der Waals surface area (Å²) in [6, 6.07) is 12.3. The fourth-order valence-electron chi connectivity index (χ4n) is 1.96. The number of nitrogens with zero attached hydrogens (tertiary/aromatic N) is 1. The van der Waals surface area contributed by atoms with Gasteiger partial charge < -0.3 is 5.73 Å². The number of rotatable bonds is 4. The molecule has 3 aromatic rings. The highest BCUT2D eigenvalue weighted by Gasteiger charge is 2.10. The SMILES string of the molecule is NC(Cc1csc(-c2ccsc2)n1)c1ccccc1. The van der Waals surface area contributed by atoms with Crippen molar-refractivity contribution in [1.29, 1.82) is 0 Å². The van der Waals surface area contributed by atoms with Crippen LogP contribution in [0.4, 0.5) is 0 Å². The van der Waals surface area contributed by atoms with E-state index < -0.39 is 0 Å². The Morgan fingerprint density at radius 1 is 1.11 bits per heavy atom. The van der Waals surface area contributed by atoms with Gasteiger partial charge in [0.25, 0.3) is 0 Å². The topological polar surface area (TPSA) is 38.9 Å². The Hall–Kier alpha value is -1.49. The van der Waals surface area contributed by atoms with Crippen LogP contribution in [0.15, 0.2) is 52.5 Å². The van der Waals surface area contributed by atoms with Gasteiger partial charge in [-0.3, -0.25) is 0 Å². The second-order valence-corrected chi connectivity index (χ2v) is 6.02. The van der Waals surface area contributed by atoms with Gasteiger partial charge in [-0.1, -0.05) is 30.3 Å². The predicted molar refractivity (Wildman–Crippen MR) is 82.5 cm³/mol. The van der Waals surface area contributed by atoms with Crippen LogP contribution in [0.3, 0.4) is 0 Å². The molecule has 2 aromatic heterocycles. The molecular weight excluding hydrogens is 272 g/mol. The Morgan fingerprint density at radius 2 is 1.95 bits per heavy atom. The molecule has 0 fully saturated rings. The number of benzene rings is 1. The zero-order valence-electron chi connectivity index (χ0n) is 10.3. The molecule has 2 N–H and O–H groups in total. The van der Waals surface area contributed by atoms with Crippen molar-refractivity contribution in [3.8, 4) is 10.6 Å². The summed E-state index contributed by atoms with van der Waals surface area (Å²) >= 11 is 3.38. The fraction of sp³-hybridized carbons (Fsp3) is 0.133. The van der Waals surface area contributed by atoms with E-state index in [2.05, 4.69) is 39.3 Å². The minimum absolute atomic E-state index is 0.0126. The molecule has 3 rings (SSSR count). The summed E-state index contributed by atoms with van der Waals surface area (Å²) in [5.41, 5.74) is 9.66. The molecule has 0 saturated carbocycles. The highest BCUT2D eigenvalue weighted by Crippen LogP contribution is 2.27. The average molecular weight is 286 g/mol. The molecule has 0 spiro atoms. The molecule has 0 bridgehead atoms. The van der Waals surface area contributed by atoms with Crippen molar-refractivity contribution in [3.63, 3.8) is 0 Å². The summed E-state index contributed by atoms with van der Waals surface area (Å²) in [7, 11) is 0. The molecule has 0 amide bonds. The Kier molecular flexibility index (Phi) is 3.73. The number of thiophene rings is 1. The molecule has 0 radical (unpaired) electrons. The molecule has 96 valence electrons. The van der Waals surface area contributed by atoms with E-state index in [1.54, 1.807) is 22.7 Å². The summed E-state index contributed by atoms with van der Waals surface area (Å²) in [5.74, 6) is 0. The maximum Gasteiger partial charge on any atom is 0.124 e. The molecule has 2 nitrogen and oxygen atoms in total. The van der Waals surface area contributed by atoms with Gasteiger partial charge in [-0.15, -0.1) is 11.3 Å². The largest absolute Gasteiger partial charge is 0.324 e. The van der Waals surface area contributed by atoms with Crippen molar-refractivity contribution >= 4 is 22.7 Å². The van der Waals surface area contributed by atoms with Crippen LogP contribution in [0, 0.1) is 0 Å². The van der Waals surface area contributed by atoms with Gasteiger partial charge in [-0.05, 0) is 17.0 Å². The van der Waals surface area contributed by atoms with Crippen molar-refractivity contribution in [2.75, 3.05) is 0 Å². The predicted octanol–water partition coefficient (Wildman–Crippen LogP) is 4.11. The lowest BCUT2D eigenvalue weighted by Gasteiger charge is -2.09. The Labute approximate surface area is 120 Å². The quantitative estimate of drug-likeness (QED) is 0.783. The van der Waals surface area contributed by atoms with Crippen LogP contribution in [0.2, 0.25) is 0 Å². The van der Waals surface area contributed by atoms with E-state index in [0.717, 1.165) is 22.7 Å².